The molecule has 1 fully saturated rings. The maximum atomic E-state index is 12.5. The molecule has 2 unspecified atom stereocenters. The Labute approximate surface area is 121 Å². The normalized spacial score (nSPS) is 28.3. The lowest BCUT2D eigenvalue weighted by atomic mass is 9.75. The molecule has 2 rings (SSSR count). The van der Waals surface area contributed by atoms with Gasteiger partial charge in [-0.3, -0.25) is 4.79 Å². The summed E-state index contributed by atoms with van der Waals surface area (Å²) in [5.41, 5.74) is -0.534. The first-order valence-electron chi connectivity index (χ1n) is 6.37. The zero-order valence-corrected chi connectivity index (χ0v) is 13.3. The van der Waals surface area contributed by atoms with E-state index in [2.05, 4.69) is 22.9 Å². The maximum Gasteiger partial charge on any atom is 0.169 e. The number of Topliss-reactive ketones (excluding diaryl/α,β-unsaturated/α-hetero) is 1. The summed E-state index contributed by atoms with van der Waals surface area (Å²) in [6.07, 6.45) is 4.54. The van der Waals surface area contributed by atoms with Gasteiger partial charge in [-0.2, -0.15) is 0 Å². The van der Waals surface area contributed by atoms with Crippen LogP contribution in [0.15, 0.2) is 15.9 Å². The van der Waals surface area contributed by atoms with Crippen molar-refractivity contribution in [1.82, 2.24) is 0 Å². The number of carbonyl (C=O) groups excluding carboxylic acids is 1. The summed E-state index contributed by atoms with van der Waals surface area (Å²) in [5, 5.41) is 2.02. The Hall–Kier alpha value is -0.190. The third kappa shape index (κ3) is 3.03. The highest BCUT2D eigenvalue weighted by Crippen LogP contribution is 2.36. The van der Waals surface area contributed by atoms with Crippen molar-refractivity contribution in [2.45, 2.75) is 44.6 Å². The molecule has 18 heavy (non-hydrogen) atoms. The number of hydrogen-bond donors (Lipinski definition) is 0. The SMILES string of the molecule is COC1(C(=O)Cc2cc(Br)cs2)CCCC(C)C1. The molecule has 0 spiro atoms. The summed E-state index contributed by atoms with van der Waals surface area (Å²) in [6.45, 7) is 2.21. The van der Waals surface area contributed by atoms with Crippen LogP contribution in [0, 0.1) is 5.92 Å². The van der Waals surface area contributed by atoms with Crippen LogP contribution >= 0.6 is 27.3 Å². The second-order valence-corrected chi connectivity index (χ2v) is 7.14. The highest BCUT2D eigenvalue weighted by Gasteiger charge is 2.41. The van der Waals surface area contributed by atoms with Crippen LogP contribution in [0.3, 0.4) is 0 Å². The van der Waals surface area contributed by atoms with E-state index < -0.39 is 5.60 Å². The van der Waals surface area contributed by atoms with Crippen molar-refractivity contribution in [1.29, 1.82) is 0 Å². The molecule has 2 atom stereocenters. The van der Waals surface area contributed by atoms with Crippen molar-refractivity contribution in [3.8, 4) is 0 Å². The summed E-state index contributed by atoms with van der Waals surface area (Å²) in [7, 11) is 1.68. The Morgan fingerprint density at radius 1 is 1.67 bits per heavy atom. The summed E-state index contributed by atoms with van der Waals surface area (Å²) < 4.78 is 6.69. The van der Waals surface area contributed by atoms with E-state index in [0.717, 1.165) is 28.6 Å². The Bertz CT molecular complexity index is 429. The molecule has 1 aliphatic rings. The summed E-state index contributed by atoms with van der Waals surface area (Å²) in [5.74, 6) is 0.823. The largest absolute Gasteiger partial charge is 0.370 e. The van der Waals surface area contributed by atoms with Gasteiger partial charge in [0.05, 0.1) is 0 Å². The predicted octanol–water partition coefficient (Wildman–Crippen LogP) is 4.22. The number of thiophene rings is 1. The van der Waals surface area contributed by atoms with Crippen LogP contribution in [0.4, 0.5) is 0 Å². The van der Waals surface area contributed by atoms with Crippen LogP contribution in [0.2, 0.25) is 0 Å². The fraction of sp³-hybridized carbons (Fsp3) is 0.643. The number of hydrogen-bond acceptors (Lipinski definition) is 3. The smallest absolute Gasteiger partial charge is 0.169 e. The van der Waals surface area contributed by atoms with Crippen LogP contribution in [0.25, 0.3) is 0 Å². The van der Waals surface area contributed by atoms with E-state index in [0.29, 0.717) is 12.3 Å². The zero-order chi connectivity index (χ0) is 13.2. The Balaban J connectivity index is 2.09. The fourth-order valence-corrected chi connectivity index (χ4v) is 4.27. The lowest BCUT2D eigenvalue weighted by Crippen LogP contribution is -2.45. The van der Waals surface area contributed by atoms with Crippen molar-refractivity contribution in [2.75, 3.05) is 7.11 Å². The molecule has 0 radical (unpaired) electrons. The second-order valence-electron chi connectivity index (χ2n) is 5.23. The Morgan fingerprint density at radius 3 is 3.00 bits per heavy atom. The van der Waals surface area contributed by atoms with Crippen molar-refractivity contribution in [3.63, 3.8) is 0 Å². The number of methoxy groups -OCH3 is 1. The molecular formula is C14H19BrO2S. The lowest BCUT2D eigenvalue weighted by molar-refractivity contribution is -0.146. The van der Waals surface area contributed by atoms with Gasteiger partial charge in [-0.25, -0.2) is 0 Å². The van der Waals surface area contributed by atoms with Gasteiger partial charge in [-0.15, -0.1) is 11.3 Å². The molecule has 1 aromatic heterocycles. The first-order valence-corrected chi connectivity index (χ1v) is 8.04. The summed E-state index contributed by atoms with van der Waals surface area (Å²) in [6, 6.07) is 2.03. The van der Waals surface area contributed by atoms with Crippen LogP contribution in [0.1, 0.15) is 37.5 Å². The fourth-order valence-electron chi connectivity index (χ4n) is 2.82. The molecule has 1 saturated carbocycles. The average molecular weight is 331 g/mol. The van der Waals surface area contributed by atoms with Gasteiger partial charge in [0.25, 0.3) is 0 Å². The first kappa shape index (κ1) is 14.2. The van der Waals surface area contributed by atoms with E-state index >= 15 is 0 Å². The molecule has 4 heteroatoms. The third-order valence-corrected chi connectivity index (χ3v) is 5.51. The number of ketones is 1. The standard InChI is InChI=1S/C14H19BrO2S/c1-10-4-3-5-14(8-10,17-2)13(16)7-12-6-11(15)9-18-12/h6,9-10H,3-5,7-8H2,1-2H3. The highest BCUT2D eigenvalue weighted by molar-refractivity contribution is 9.10. The molecule has 0 saturated heterocycles. The average Bonchev–Trinajstić information content (AvgIpc) is 2.74. The van der Waals surface area contributed by atoms with E-state index in [-0.39, 0.29) is 5.78 Å². The number of ether oxygens (including phenoxy) is 1. The van der Waals surface area contributed by atoms with E-state index in [1.54, 1.807) is 18.4 Å². The van der Waals surface area contributed by atoms with Crippen molar-refractivity contribution < 1.29 is 9.53 Å². The quantitative estimate of drug-likeness (QED) is 0.826. The molecular weight excluding hydrogens is 312 g/mol. The predicted molar refractivity (Wildman–Crippen MR) is 78.1 cm³/mol. The monoisotopic (exact) mass is 330 g/mol. The number of halogens is 1. The molecule has 0 aliphatic heterocycles. The topological polar surface area (TPSA) is 26.3 Å². The maximum absolute atomic E-state index is 12.5. The third-order valence-electron chi connectivity index (χ3n) is 3.81. The van der Waals surface area contributed by atoms with Crippen molar-refractivity contribution in [3.05, 3.63) is 20.8 Å². The molecule has 100 valence electrons. The minimum Gasteiger partial charge on any atom is -0.370 e. The van der Waals surface area contributed by atoms with Gasteiger partial charge < -0.3 is 4.74 Å². The van der Waals surface area contributed by atoms with E-state index in [1.807, 2.05) is 11.4 Å². The highest BCUT2D eigenvalue weighted by atomic mass is 79.9. The van der Waals surface area contributed by atoms with E-state index in [1.165, 1.54) is 6.42 Å². The van der Waals surface area contributed by atoms with Gasteiger partial charge in [0, 0.05) is 28.3 Å². The first-order chi connectivity index (χ1) is 8.55. The van der Waals surface area contributed by atoms with Gasteiger partial charge in [-0.05, 0) is 47.2 Å². The molecule has 0 N–H and O–H groups in total. The molecule has 2 nitrogen and oxygen atoms in total. The van der Waals surface area contributed by atoms with Crippen molar-refractivity contribution in [2.24, 2.45) is 5.92 Å². The molecule has 1 aliphatic carbocycles. The summed E-state index contributed by atoms with van der Waals surface area (Å²) >= 11 is 5.05. The van der Waals surface area contributed by atoms with Gasteiger partial charge in [-0.1, -0.05) is 13.3 Å². The minimum absolute atomic E-state index is 0.242. The second kappa shape index (κ2) is 5.85. The van der Waals surface area contributed by atoms with E-state index in [9.17, 15) is 4.79 Å². The zero-order valence-electron chi connectivity index (χ0n) is 10.9. The van der Waals surface area contributed by atoms with Gasteiger partial charge in [0.15, 0.2) is 5.78 Å². The summed E-state index contributed by atoms with van der Waals surface area (Å²) in [4.78, 5) is 13.7. The van der Waals surface area contributed by atoms with Gasteiger partial charge >= 0.3 is 0 Å². The molecule has 0 aromatic carbocycles. The molecule has 0 bridgehead atoms. The van der Waals surface area contributed by atoms with E-state index in [4.69, 9.17) is 4.74 Å². The number of rotatable bonds is 4. The van der Waals surface area contributed by atoms with Crippen LogP contribution in [-0.2, 0) is 16.0 Å². The Kier molecular flexibility index (Phi) is 4.62. The number of carbonyl (C=O) groups is 1. The Morgan fingerprint density at radius 2 is 2.44 bits per heavy atom. The minimum atomic E-state index is -0.534. The molecule has 1 heterocycles. The van der Waals surface area contributed by atoms with Gasteiger partial charge in [0.1, 0.15) is 5.60 Å². The lowest BCUT2D eigenvalue weighted by Gasteiger charge is -2.37. The van der Waals surface area contributed by atoms with Crippen LogP contribution in [-0.4, -0.2) is 18.5 Å². The molecule has 0 amide bonds. The van der Waals surface area contributed by atoms with Crippen molar-refractivity contribution >= 4 is 33.0 Å². The van der Waals surface area contributed by atoms with Crippen LogP contribution in [0.5, 0.6) is 0 Å². The molecule has 1 aromatic rings. The van der Waals surface area contributed by atoms with Crippen LogP contribution < -0.4 is 0 Å². The van der Waals surface area contributed by atoms with Gasteiger partial charge in [0.2, 0.25) is 0 Å².